The van der Waals surface area contributed by atoms with Crippen molar-refractivity contribution in [3.63, 3.8) is 0 Å². The van der Waals surface area contributed by atoms with Crippen LogP contribution in [0.4, 0.5) is 0 Å². The molecule has 0 radical (unpaired) electrons. The Morgan fingerprint density at radius 1 is 1.04 bits per heavy atom. The maximum absolute atomic E-state index is 12.5. The standard InChI is InChI=1S/C21H26N2O3.ClH/c1-3-9-26-19-8-7-16(11-20(19)25-4-2)21(24)23-12-15-5-6-17-13-22-14-18(17)10-15;/h5-8,10-11,22H,3-4,9,12-14H2,1-2H3,(H,23,24);1H. The summed E-state index contributed by atoms with van der Waals surface area (Å²) >= 11 is 0. The van der Waals surface area contributed by atoms with E-state index in [1.54, 1.807) is 18.2 Å². The van der Waals surface area contributed by atoms with E-state index in [1.165, 1.54) is 11.1 Å². The molecule has 3 rings (SSSR count). The van der Waals surface area contributed by atoms with Crippen LogP contribution < -0.4 is 20.1 Å². The molecule has 1 heterocycles. The van der Waals surface area contributed by atoms with Gasteiger partial charge in [0.2, 0.25) is 0 Å². The van der Waals surface area contributed by atoms with Crippen LogP contribution in [-0.2, 0) is 19.6 Å². The summed E-state index contributed by atoms with van der Waals surface area (Å²) in [7, 11) is 0. The van der Waals surface area contributed by atoms with Gasteiger partial charge < -0.3 is 20.1 Å². The Hall–Kier alpha value is -2.24. The summed E-state index contributed by atoms with van der Waals surface area (Å²) in [5.41, 5.74) is 4.32. The third-order valence-electron chi connectivity index (χ3n) is 4.32. The van der Waals surface area contributed by atoms with Crippen molar-refractivity contribution in [1.82, 2.24) is 10.6 Å². The fourth-order valence-electron chi connectivity index (χ4n) is 2.99. The van der Waals surface area contributed by atoms with E-state index in [0.717, 1.165) is 25.1 Å². The van der Waals surface area contributed by atoms with Crippen LogP contribution in [0, 0.1) is 0 Å². The highest BCUT2D eigenvalue weighted by Crippen LogP contribution is 2.28. The van der Waals surface area contributed by atoms with Crippen molar-refractivity contribution in [3.05, 3.63) is 58.7 Å². The predicted molar refractivity (Wildman–Crippen MR) is 109 cm³/mol. The van der Waals surface area contributed by atoms with Crippen molar-refractivity contribution in [2.75, 3.05) is 13.2 Å². The van der Waals surface area contributed by atoms with Gasteiger partial charge in [0.05, 0.1) is 13.2 Å². The molecule has 1 amide bonds. The largest absolute Gasteiger partial charge is 0.490 e. The molecule has 1 aliphatic heterocycles. The molecule has 0 bridgehead atoms. The van der Waals surface area contributed by atoms with E-state index in [1.807, 2.05) is 6.92 Å². The molecular formula is C21H27ClN2O3. The van der Waals surface area contributed by atoms with Crippen LogP contribution in [0.15, 0.2) is 36.4 Å². The predicted octanol–water partition coefficient (Wildman–Crippen LogP) is 3.83. The molecule has 1 aliphatic rings. The average Bonchev–Trinajstić information content (AvgIpc) is 3.13. The number of halogens is 1. The van der Waals surface area contributed by atoms with Gasteiger partial charge in [-0.1, -0.05) is 25.1 Å². The monoisotopic (exact) mass is 390 g/mol. The third kappa shape index (κ3) is 5.37. The van der Waals surface area contributed by atoms with Gasteiger partial charge in [0.1, 0.15) is 0 Å². The van der Waals surface area contributed by atoms with E-state index in [2.05, 4.69) is 35.8 Å². The van der Waals surface area contributed by atoms with Crippen LogP contribution in [0.1, 0.15) is 47.3 Å². The first-order valence-corrected chi connectivity index (χ1v) is 9.20. The highest BCUT2D eigenvalue weighted by Gasteiger charge is 2.13. The minimum absolute atomic E-state index is 0. The minimum Gasteiger partial charge on any atom is -0.490 e. The Morgan fingerprint density at radius 3 is 2.63 bits per heavy atom. The van der Waals surface area contributed by atoms with Gasteiger partial charge in [-0.15, -0.1) is 12.4 Å². The number of amides is 1. The zero-order chi connectivity index (χ0) is 18.4. The van der Waals surface area contributed by atoms with Crippen molar-refractivity contribution in [1.29, 1.82) is 0 Å². The number of ether oxygens (including phenoxy) is 2. The molecule has 0 aromatic heterocycles. The first-order chi connectivity index (χ1) is 12.7. The first kappa shape index (κ1) is 21.1. The Balaban J connectivity index is 0.00000261. The molecule has 5 nitrogen and oxygen atoms in total. The zero-order valence-electron chi connectivity index (χ0n) is 15.8. The van der Waals surface area contributed by atoms with Gasteiger partial charge in [-0.3, -0.25) is 4.79 Å². The Bertz CT molecular complexity index is 780. The SMILES string of the molecule is CCCOc1ccc(C(=O)NCc2ccc3c(c2)CNC3)cc1OCC.Cl. The second kappa shape index (κ2) is 10.2. The molecule has 2 aromatic rings. The molecule has 0 spiro atoms. The van der Waals surface area contributed by atoms with Gasteiger partial charge in [-0.05, 0) is 48.2 Å². The molecular weight excluding hydrogens is 364 g/mol. The summed E-state index contributed by atoms with van der Waals surface area (Å²) in [5, 5.41) is 6.31. The van der Waals surface area contributed by atoms with Gasteiger partial charge in [0, 0.05) is 25.2 Å². The Kier molecular flexibility index (Phi) is 7.95. The molecule has 0 unspecified atom stereocenters. The average molecular weight is 391 g/mol. The van der Waals surface area contributed by atoms with Crippen LogP contribution in [0.3, 0.4) is 0 Å². The van der Waals surface area contributed by atoms with Crippen molar-refractivity contribution >= 4 is 18.3 Å². The quantitative estimate of drug-likeness (QED) is 0.719. The molecule has 0 saturated carbocycles. The third-order valence-corrected chi connectivity index (χ3v) is 4.32. The second-order valence-electron chi connectivity index (χ2n) is 6.33. The minimum atomic E-state index is -0.119. The molecule has 2 aromatic carbocycles. The van der Waals surface area contributed by atoms with Crippen LogP contribution in [0.25, 0.3) is 0 Å². The van der Waals surface area contributed by atoms with E-state index in [0.29, 0.717) is 36.8 Å². The summed E-state index contributed by atoms with van der Waals surface area (Å²) in [6, 6.07) is 11.7. The van der Waals surface area contributed by atoms with Gasteiger partial charge >= 0.3 is 0 Å². The number of hydrogen-bond acceptors (Lipinski definition) is 4. The van der Waals surface area contributed by atoms with Crippen molar-refractivity contribution in [3.8, 4) is 11.5 Å². The first-order valence-electron chi connectivity index (χ1n) is 9.20. The number of carbonyl (C=O) groups excluding carboxylic acids is 1. The van der Waals surface area contributed by atoms with Crippen LogP contribution in [-0.4, -0.2) is 19.1 Å². The maximum Gasteiger partial charge on any atom is 0.251 e. The fraction of sp³-hybridized carbons (Fsp3) is 0.381. The van der Waals surface area contributed by atoms with Crippen LogP contribution in [0.2, 0.25) is 0 Å². The summed E-state index contributed by atoms with van der Waals surface area (Å²) in [6.45, 7) is 7.44. The number of nitrogens with one attached hydrogen (secondary N) is 2. The van der Waals surface area contributed by atoms with E-state index < -0.39 is 0 Å². The lowest BCUT2D eigenvalue weighted by atomic mass is 10.1. The highest BCUT2D eigenvalue weighted by atomic mass is 35.5. The molecule has 0 atom stereocenters. The smallest absolute Gasteiger partial charge is 0.251 e. The summed E-state index contributed by atoms with van der Waals surface area (Å²) in [4.78, 5) is 12.5. The Labute approximate surface area is 166 Å². The molecule has 146 valence electrons. The molecule has 6 heteroatoms. The van der Waals surface area contributed by atoms with E-state index >= 15 is 0 Å². The van der Waals surface area contributed by atoms with Gasteiger partial charge in [-0.2, -0.15) is 0 Å². The van der Waals surface area contributed by atoms with Crippen LogP contribution in [0.5, 0.6) is 11.5 Å². The van der Waals surface area contributed by atoms with Gasteiger partial charge in [0.15, 0.2) is 11.5 Å². The number of fused-ring (bicyclic) bond motifs is 1. The van der Waals surface area contributed by atoms with Gasteiger partial charge in [0.25, 0.3) is 5.91 Å². The maximum atomic E-state index is 12.5. The van der Waals surface area contributed by atoms with Gasteiger partial charge in [-0.25, -0.2) is 0 Å². The number of carbonyl (C=O) groups is 1. The van der Waals surface area contributed by atoms with Crippen molar-refractivity contribution < 1.29 is 14.3 Å². The molecule has 0 saturated heterocycles. The molecule has 0 aliphatic carbocycles. The highest BCUT2D eigenvalue weighted by molar-refractivity contribution is 5.94. The summed E-state index contributed by atoms with van der Waals surface area (Å²) in [6.07, 6.45) is 0.921. The molecule has 0 fully saturated rings. The lowest BCUT2D eigenvalue weighted by molar-refractivity contribution is 0.0950. The van der Waals surface area contributed by atoms with E-state index in [4.69, 9.17) is 9.47 Å². The zero-order valence-corrected chi connectivity index (χ0v) is 16.7. The molecule has 27 heavy (non-hydrogen) atoms. The fourth-order valence-corrected chi connectivity index (χ4v) is 2.99. The van der Waals surface area contributed by atoms with E-state index in [-0.39, 0.29) is 18.3 Å². The van der Waals surface area contributed by atoms with Crippen molar-refractivity contribution in [2.24, 2.45) is 0 Å². The van der Waals surface area contributed by atoms with E-state index in [9.17, 15) is 4.79 Å². The van der Waals surface area contributed by atoms with Crippen molar-refractivity contribution in [2.45, 2.75) is 39.9 Å². The lowest BCUT2D eigenvalue weighted by Gasteiger charge is -2.13. The van der Waals surface area contributed by atoms with Crippen LogP contribution >= 0.6 is 12.4 Å². The topological polar surface area (TPSA) is 59.6 Å². The number of rotatable bonds is 8. The summed E-state index contributed by atoms with van der Waals surface area (Å²) in [5.74, 6) is 1.17. The number of hydrogen-bond donors (Lipinski definition) is 2. The lowest BCUT2D eigenvalue weighted by Crippen LogP contribution is -2.23. The summed E-state index contributed by atoms with van der Waals surface area (Å²) < 4.78 is 11.3. The molecule has 2 N–H and O–H groups in total. The number of benzene rings is 2. The Morgan fingerprint density at radius 2 is 1.85 bits per heavy atom. The second-order valence-corrected chi connectivity index (χ2v) is 6.33. The normalized spacial score (nSPS) is 12.1.